The van der Waals surface area contributed by atoms with Gasteiger partial charge < -0.3 is 5.32 Å². The fraction of sp³-hybridized carbons (Fsp3) is 0.600. The second-order valence-electron chi connectivity index (χ2n) is 3.25. The van der Waals surface area contributed by atoms with E-state index in [1.54, 1.807) is 0 Å². The summed E-state index contributed by atoms with van der Waals surface area (Å²) in [7, 11) is 0. The SMILES string of the molecule is CSCCCNc1nc(C)cc(C)n1. The van der Waals surface area contributed by atoms with Crippen molar-refractivity contribution in [1.82, 2.24) is 9.97 Å². The van der Waals surface area contributed by atoms with Crippen LogP contribution in [0.1, 0.15) is 17.8 Å². The lowest BCUT2D eigenvalue weighted by molar-refractivity contribution is 0.947. The molecule has 1 aromatic heterocycles. The Bertz CT molecular complexity index is 268. The summed E-state index contributed by atoms with van der Waals surface area (Å²) in [5.74, 6) is 1.93. The summed E-state index contributed by atoms with van der Waals surface area (Å²) in [5.41, 5.74) is 2.04. The molecule has 0 unspecified atom stereocenters. The Hall–Kier alpha value is -0.770. The van der Waals surface area contributed by atoms with Crippen molar-refractivity contribution in [3.8, 4) is 0 Å². The summed E-state index contributed by atoms with van der Waals surface area (Å²) in [5, 5.41) is 3.23. The Morgan fingerprint density at radius 3 is 2.50 bits per heavy atom. The normalized spacial score (nSPS) is 10.2. The van der Waals surface area contributed by atoms with Crippen molar-refractivity contribution in [2.24, 2.45) is 0 Å². The van der Waals surface area contributed by atoms with E-state index in [2.05, 4.69) is 21.5 Å². The van der Waals surface area contributed by atoms with Gasteiger partial charge in [-0.3, -0.25) is 0 Å². The number of nitrogens with one attached hydrogen (secondary N) is 1. The van der Waals surface area contributed by atoms with Gasteiger partial charge in [-0.15, -0.1) is 0 Å². The average Bonchev–Trinajstić information content (AvgIpc) is 2.11. The highest BCUT2D eigenvalue weighted by atomic mass is 32.2. The highest BCUT2D eigenvalue weighted by Gasteiger charge is 1.97. The minimum Gasteiger partial charge on any atom is -0.354 e. The molecular weight excluding hydrogens is 194 g/mol. The number of anilines is 1. The van der Waals surface area contributed by atoms with Gasteiger partial charge in [0.15, 0.2) is 0 Å². The van der Waals surface area contributed by atoms with Crippen molar-refractivity contribution in [3.05, 3.63) is 17.5 Å². The summed E-state index contributed by atoms with van der Waals surface area (Å²) in [6.07, 6.45) is 3.27. The van der Waals surface area contributed by atoms with E-state index in [1.807, 2.05) is 31.7 Å². The maximum absolute atomic E-state index is 4.30. The van der Waals surface area contributed by atoms with E-state index < -0.39 is 0 Å². The van der Waals surface area contributed by atoms with Crippen molar-refractivity contribution in [2.45, 2.75) is 20.3 Å². The molecule has 1 rings (SSSR count). The summed E-state index contributed by atoms with van der Waals surface area (Å²) in [4.78, 5) is 8.61. The zero-order valence-corrected chi connectivity index (χ0v) is 9.82. The zero-order chi connectivity index (χ0) is 10.4. The molecule has 1 heterocycles. The summed E-state index contributed by atoms with van der Waals surface area (Å²) in [6.45, 7) is 4.92. The molecular formula is C10H17N3S. The van der Waals surface area contributed by atoms with Gasteiger partial charge in [0.25, 0.3) is 0 Å². The van der Waals surface area contributed by atoms with Gasteiger partial charge in [0, 0.05) is 17.9 Å². The summed E-state index contributed by atoms with van der Waals surface area (Å²) < 4.78 is 0. The van der Waals surface area contributed by atoms with Crippen LogP contribution in [0.2, 0.25) is 0 Å². The van der Waals surface area contributed by atoms with Crippen LogP contribution in [0.5, 0.6) is 0 Å². The Morgan fingerprint density at radius 1 is 1.29 bits per heavy atom. The third-order valence-electron chi connectivity index (χ3n) is 1.79. The van der Waals surface area contributed by atoms with Crippen LogP contribution in [-0.4, -0.2) is 28.5 Å². The van der Waals surface area contributed by atoms with Gasteiger partial charge in [-0.1, -0.05) is 0 Å². The van der Waals surface area contributed by atoms with Gasteiger partial charge in [0.2, 0.25) is 5.95 Å². The molecule has 0 atom stereocenters. The molecule has 0 aliphatic heterocycles. The molecule has 1 N–H and O–H groups in total. The second kappa shape index (κ2) is 5.86. The van der Waals surface area contributed by atoms with Gasteiger partial charge in [-0.25, -0.2) is 9.97 Å². The number of nitrogens with zero attached hydrogens (tertiary/aromatic N) is 2. The number of hydrogen-bond donors (Lipinski definition) is 1. The van der Waals surface area contributed by atoms with Crippen LogP contribution in [0.25, 0.3) is 0 Å². The number of aryl methyl sites for hydroxylation is 2. The maximum atomic E-state index is 4.30. The van der Waals surface area contributed by atoms with E-state index in [1.165, 1.54) is 5.75 Å². The fourth-order valence-corrected chi connectivity index (χ4v) is 1.65. The largest absolute Gasteiger partial charge is 0.354 e. The highest BCUT2D eigenvalue weighted by molar-refractivity contribution is 7.98. The van der Waals surface area contributed by atoms with Gasteiger partial charge >= 0.3 is 0 Å². The van der Waals surface area contributed by atoms with Crippen LogP contribution >= 0.6 is 11.8 Å². The molecule has 0 saturated carbocycles. The third-order valence-corrected chi connectivity index (χ3v) is 2.49. The topological polar surface area (TPSA) is 37.8 Å². The van der Waals surface area contributed by atoms with E-state index >= 15 is 0 Å². The minimum absolute atomic E-state index is 0.753. The molecule has 1 aromatic rings. The molecule has 0 fully saturated rings. The van der Waals surface area contributed by atoms with Gasteiger partial charge in [0.1, 0.15) is 0 Å². The lowest BCUT2D eigenvalue weighted by Gasteiger charge is -2.05. The molecule has 0 spiro atoms. The zero-order valence-electron chi connectivity index (χ0n) is 9.00. The van der Waals surface area contributed by atoms with E-state index in [4.69, 9.17) is 0 Å². The molecule has 0 aliphatic carbocycles. The molecule has 3 nitrogen and oxygen atoms in total. The van der Waals surface area contributed by atoms with Crippen LogP contribution in [0, 0.1) is 13.8 Å². The maximum Gasteiger partial charge on any atom is 0.223 e. The van der Waals surface area contributed by atoms with Crippen LogP contribution in [-0.2, 0) is 0 Å². The third kappa shape index (κ3) is 3.96. The van der Waals surface area contributed by atoms with E-state index in [0.717, 1.165) is 30.3 Å². The quantitative estimate of drug-likeness (QED) is 0.758. The smallest absolute Gasteiger partial charge is 0.223 e. The fourth-order valence-electron chi connectivity index (χ4n) is 1.22. The Labute approximate surface area is 89.7 Å². The molecule has 4 heteroatoms. The first-order valence-corrected chi connectivity index (χ1v) is 6.17. The molecule has 0 aliphatic rings. The average molecular weight is 211 g/mol. The van der Waals surface area contributed by atoms with E-state index in [0.29, 0.717) is 0 Å². The molecule has 0 radical (unpaired) electrons. The predicted octanol–water partition coefficient (Wildman–Crippen LogP) is 2.26. The van der Waals surface area contributed by atoms with E-state index in [-0.39, 0.29) is 0 Å². The molecule has 78 valence electrons. The molecule has 0 aromatic carbocycles. The van der Waals surface area contributed by atoms with Crippen molar-refractivity contribution in [2.75, 3.05) is 23.9 Å². The molecule has 0 bridgehead atoms. The van der Waals surface area contributed by atoms with Crippen molar-refractivity contribution in [1.29, 1.82) is 0 Å². The second-order valence-corrected chi connectivity index (χ2v) is 4.23. The van der Waals surface area contributed by atoms with Crippen LogP contribution < -0.4 is 5.32 Å². The Morgan fingerprint density at radius 2 is 1.93 bits per heavy atom. The van der Waals surface area contributed by atoms with Crippen molar-refractivity contribution in [3.63, 3.8) is 0 Å². The van der Waals surface area contributed by atoms with Crippen LogP contribution in [0.4, 0.5) is 5.95 Å². The number of rotatable bonds is 5. The lowest BCUT2D eigenvalue weighted by atomic mass is 10.3. The Balaban J connectivity index is 2.42. The monoisotopic (exact) mass is 211 g/mol. The van der Waals surface area contributed by atoms with Crippen LogP contribution in [0.3, 0.4) is 0 Å². The van der Waals surface area contributed by atoms with Crippen molar-refractivity contribution >= 4 is 17.7 Å². The standard InChI is InChI=1S/C10H17N3S/c1-8-7-9(2)13-10(12-8)11-5-4-6-14-3/h7H,4-6H2,1-3H3,(H,11,12,13). The van der Waals surface area contributed by atoms with Crippen molar-refractivity contribution < 1.29 is 0 Å². The number of thioether (sulfide) groups is 1. The first-order valence-electron chi connectivity index (χ1n) is 4.77. The number of aromatic nitrogens is 2. The molecule has 0 saturated heterocycles. The Kier molecular flexibility index (Phi) is 4.73. The first kappa shape index (κ1) is 11.3. The van der Waals surface area contributed by atoms with Gasteiger partial charge in [0.05, 0.1) is 0 Å². The lowest BCUT2D eigenvalue weighted by Crippen LogP contribution is -2.07. The minimum atomic E-state index is 0.753. The summed E-state index contributed by atoms with van der Waals surface area (Å²) >= 11 is 1.86. The summed E-state index contributed by atoms with van der Waals surface area (Å²) in [6, 6.07) is 1.98. The molecule has 0 amide bonds. The van der Waals surface area contributed by atoms with Crippen LogP contribution in [0.15, 0.2) is 6.07 Å². The first-order chi connectivity index (χ1) is 6.72. The number of hydrogen-bond acceptors (Lipinski definition) is 4. The van der Waals surface area contributed by atoms with E-state index in [9.17, 15) is 0 Å². The van der Waals surface area contributed by atoms with Gasteiger partial charge in [-0.05, 0) is 38.3 Å². The molecule has 14 heavy (non-hydrogen) atoms. The predicted molar refractivity (Wildman–Crippen MR) is 63.0 cm³/mol. The highest BCUT2D eigenvalue weighted by Crippen LogP contribution is 2.04. The van der Waals surface area contributed by atoms with Gasteiger partial charge in [-0.2, -0.15) is 11.8 Å².